The van der Waals surface area contributed by atoms with Gasteiger partial charge in [0.05, 0.1) is 0 Å². The van der Waals surface area contributed by atoms with Crippen molar-refractivity contribution < 1.29 is 14.4 Å². The van der Waals surface area contributed by atoms with E-state index in [0.717, 1.165) is 57.1 Å². The number of benzene rings is 1. The van der Waals surface area contributed by atoms with E-state index in [4.69, 9.17) is 0 Å². The zero-order valence-electron chi connectivity index (χ0n) is 17.3. The number of carbonyl (C=O) groups excluding carboxylic acids is 3. The molecule has 1 unspecified atom stereocenters. The van der Waals surface area contributed by atoms with Gasteiger partial charge in [0.2, 0.25) is 0 Å². The molecule has 0 radical (unpaired) electrons. The first-order chi connectivity index (χ1) is 14.0. The Balaban J connectivity index is 1.60. The molecule has 3 aliphatic rings. The lowest BCUT2D eigenvalue weighted by Crippen LogP contribution is -2.54. The first-order valence-corrected chi connectivity index (χ1v) is 10.8. The molecule has 6 heteroatoms. The first-order valence-electron chi connectivity index (χ1n) is 10.8. The number of urea groups is 1. The molecule has 0 aliphatic carbocycles. The van der Waals surface area contributed by atoms with Gasteiger partial charge in [0.1, 0.15) is 5.57 Å². The van der Waals surface area contributed by atoms with Crippen molar-refractivity contribution in [3.05, 3.63) is 34.4 Å². The van der Waals surface area contributed by atoms with E-state index in [9.17, 15) is 14.4 Å². The number of imide groups is 2. The Kier molecular flexibility index (Phi) is 5.43. The van der Waals surface area contributed by atoms with E-state index in [0.29, 0.717) is 12.6 Å². The maximum Gasteiger partial charge on any atom is 0.331 e. The average Bonchev–Trinajstić information content (AvgIpc) is 3.01. The first kappa shape index (κ1) is 19.7. The van der Waals surface area contributed by atoms with Crippen LogP contribution in [0, 0.1) is 0 Å². The standard InChI is InChI=1S/C23H29N3O3/c1-3-4-5-6-9-26-22(28)19(21(27)24-23(26)29)14-16-12-17-8-7-10-25-15(2)11-18(13-16)20(17)25/h12-15H,3-11H2,1-2H3,(H,24,27,29). The van der Waals surface area contributed by atoms with Crippen molar-refractivity contribution in [3.8, 4) is 0 Å². The lowest BCUT2D eigenvalue weighted by Gasteiger charge is -2.31. The number of nitrogens with zero attached hydrogens (tertiary/aromatic N) is 2. The molecule has 1 aromatic carbocycles. The number of amides is 4. The van der Waals surface area contributed by atoms with Gasteiger partial charge in [-0.15, -0.1) is 0 Å². The Morgan fingerprint density at radius 1 is 1.14 bits per heavy atom. The van der Waals surface area contributed by atoms with Crippen LogP contribution in [0.4, 0.5) is 10.5 Å². The second kappa shape index (κ2) is 8.01. The van der Waals surface area contributed by atoms with E-state index in [1.165, 1.54) is 21.7 Å². The summed E-state index contributed by atoms with van der Waals surface area (Å²) >= 11 is 0. The van der Waals surface area contributed by atoms with Crippen LogP contribution in [-0.4, -0.2) is 41.9 Å². The van der Waals surface area contributed by atoms with Crippen molar-refractivity contribution in [2.75, 3.05) is 18.0 Å². The number of aryl methyl sites for hydroxylation is 1. The number of carbonyl (C=O) groups is 3. The lowest BCUT2D eigenvalue weighted by atomic mass is 9.95. The van der Waals surface area contributed by atoms with Crippen LogP contribution in [0.25, 0.3) is 6.08 Å². The molecule has 0 aromatic heterocycles. The molecule has 6 nitrogen and oxygen atoms in total. The summed E-state index contributed by atoms with van der Waals surface area (Å²) < 4.78 is 0. The molecule has 3 heterocycles. The van der Waals surface area contributed by atoms with Crippen molar-refractivity contribution in [2.45, 2.75) is 64.8 Å². The number of barbiturate groups is 1. The predicted octanol–water partition coefficient (Wildman–Crippen LogP) is 3.43. The summed E-state index contributed by atoms with van der Waals surface area (Å²) in [6.07, 6.45) is 8.65. The molecular weight excluding hydrogens is 366 g/mol. The number of hydrogen-bond acceptors (Lipinski definition) is 4. The van der Waals surface area contributed by atoms with E-state index in [2.05, 4.69) is 36.2 Å². The summed E-state index contributed by atoms with van der Waals surface area (Å²) in [5.74, 6) is -1.09. The minimum absolute atomic E-state index is 0.0472. The highest BCUT2D eigenvalue weighted by molar-refractivity contribution is 6.31. The molecule has 3 aliphatic heterocycles. The van der Waals surface area contributed by atoms with Gasteiger partial charge in [-0.2, -0.15) is 0 Å². The second-order valence-corrected chi connectivity index (χ2v) is 8.37. The highest BCUT2D eigenvalue weighted by Crippen LogP contribution is 2.40. The van der Waals surface area contributed by atoms with Crippen LogP contribution in [0.5, 0.6) is 0 Å². The van der Waals surface area contributed by atoms with Gasteiger partial charge in [-0.25, -0.2) is 4.79 Å². The number of anilines is 1. The normalized spacial score (nSPS) is 22.3. The van der Waals surface area contributed by atoms with Gasteiger partial charge in [-0.3, -0.25) is 19.8 Å². The molecule has 1 aromatic rings. The van der Waals surface area contributed by atoms with Crippen molar-refractivity contribution in [1.29, 1.82) is 0 Å². The number of hydrogen-bond donors (Lipinski definition) is 1. The second-order valence-electron chi connectivity index (χ2n) is 8.37. The third-order valence-electron chi connectivity index (χ3n) is 6.20. The highest BCUT2D eigenvalue weighted by Gasteiger charge is 2.36. The third-order valence-corrected chi connectivity index (χ3v) is 6.20. The molecule has 0 spiro atoms. The Morgan fingerprint density at radius 2 is 1.93 bits per heavy atom. The van der Waals surface area contributed by atoms with Crippen LogP contribution < -0.4 is 10.2 Å². The Bertz CT molecular complexity index is 890. The summed E-state index contributed by atoms with van der Waals surface area (Å²) in [7, 11) is 0. The predicted molar refractivity (Wildman–Crippen MR) is 113 cm³/mol. The molecule has 4 amide bonds. The molecule has 1 saturated heterocycles. The van der Waals surface area contributed by atoms with E-state index in [1.807, 2.05) is 0 Å². The minimum atomic E-state index is -0.609. The summed E-state index contributed by atoms with van der Waals surface area (Å²) in [6.45, 7) is 5.80. The van der Waals surface area contributed by atoms with Gasteiger partial charge >= 0.3 is 6.03 Å². The van der Waals surface area contributed by atoms with Crippen molar-refractivity contribution >= 4 is 29.6 Å². The molecule has 154 valence electrons. The maximum absolute atomic E-state index is 12.9. The molecule has 4 rings (SSSR count). The van der Waals surface area contributed by atoms with Gasteiger partial charge < -0.3 is 4.90 Å². The van der Waals surface area contributed by atoms with Crippen molar-refractivity contribution in [1.82, 2.24) is 10.2 Å². The van der Waals surface area contributed by atoms with Crippen molar-refractivity contribution in [3.63, 3.8) is 0 Å². The summed E-state index contributed by atoms with van der Waals surface area (Å²) in [6, 6.07) is 4.07. The fourth-order valence-electron chi connectivity index (χ4n) is 4.77. The number of rotatable bonds is 6. The van der Waals surface area contributed by atoms with Crippen LogP contribution in [0.1, 0.15) is 62.6 Å². The number of nitrogens with one attached hydrogen (secondary N) is 1. The average molecular weight is 396 g/mol. The lowest BCUT2D eigenvalue weighted by molar-refractivity contribution is -0.130. The fraction of sp³-hybridized carbons (Fsp3) is 0.522. The van der Waals surface area contributed by atoms with Crippen LogP contribution >= 0.6 is 0 Å². The van der Waals surface area contributed by atoms with Crippen LogP contribution in [-0.2, 0) is 22.4 Å². The third kappa shape index (κ3) is 3.68. The van der Waals surface area contributed by atoms with Crippen LogP contribution in [0.2, 0.25) is 0 Å². The van der Waals surface area contributed by atoms with Gasteiger partial charge in [-0.1, -0.05) is 26.2 Å². The quantitative estimate of drug-likeness (QED) is 0.455. The fourth-order valence-corrected chi connectivity index (χ4v) is 4.77. The van der Waals surface area contributed by atoms with Gasteiger partial charge in [0, 0.05) is 24.8 Å². The van der Waals surface area contributed by atoms with Gasteiger partial charge in [-0.05, 0) is 67.5 Å². The van der Waals surface area contributed by atoms with E-state index in [1.54, 1.807) is 6.08 Å². The summed E-state index contributed by atoms with van der Waals surface area (Å²) in [5.41, 5.74) is 4.84. The number of unbranched alkanes of at least 4 members (excludes halogenated alkanes) is 3. The summed E-state index contributed by atoms with van der Waals surface area (Å²) in [4.78, 5) is 41.1. The zero-order chi connectivity index (χ0) is 20.5. The SMILES string of the molecule is CCCCCCN1C(=O)NC(=O)C(=Cc2cc3c4c(c2)CC(C)N4CCC3)C1=O. The topological polar surface area (TPSA) is 69.7 Å². The smallest absolute Gasteiger partial charge is 0.331 e. The molecule has 0 bridgehead atoms. The van der Waals surface area contributed by atoms with E-state index in [-0.39, 0.29) is 5.57 Å². The molecular formula is C23H29N3O3. The van der Waals surface area contributed by atoms with Gasteiger partial charge in [0.15, 0.2) is 0 Å². The minimum Gasteiger partial charge on any atom is -0.368 e. The van der Waals surface area contributed by atoms with Crippen LogP contribution in [0.15, 0.2) is 17.7 Å². The van der Waals surface area contributed by atoms with Crippen molar-refractivity contribution in [2.24, 2.45) is 0 Å². The Hall–Kier alpha value is -2.63. The Labute approximate surface area is 171 Å². The van der Waals surface area contributed by atoms with Crippen LogP contribution in [0.3, 0.4) is 0 Å². The maximum atomic E-state index is 12.9. The largest absolute Gasteiger partial charge is 0.368 e. The molecule has 1 atom stereocenters. The molecule has 29 heavy (non-hydrogen) atoms. The Morgan fingerprint density at radius 3 is 2.72 bits per heavy atom. The van der Waals surface area contributed by atoms with E-state index >= 15 is 0 Å². The summed E-state index contributed by atoms with van der Waals surface area (Å²) in [5, 5.41) is 2.33. The highest BCUT2D eigenvalue weighted by atomic mass is 16.2. The molecule has 1 fully saturated rings. The zero-order valence-corrected chi connectivity index (χ0v) is 17.3. The molecule has 0 saturated carbocycles. The van der Waals surface area contributed by atoms with Gasteiger partial charge in [0.25, 0.3) is 11.8 Å². The molecule has 1 N–H and O–H groups in total. The van der Waals surface area contributed by atoms with E-state index < -0.39 is 17.8 Å². The monoisotopic (exact) mass is 395 g/mol.